The van der Waals surface area contributed by atoms with Gasteiger partial charge in [-0.05, 0) is 35.7 Å². The van der Waals surface area contributed by atoms with Crippen LogP contribution in [0, 0.1) is 10.1 Å². The van der Waals surface area contributed by atoms with Crippen LogP contribution >= 0.6 is 0 Å². The molecule has 1 fully saturated rings. The number of rotatable bonds is 6. The summed E-state index contributed by atoms with van der Waals surface area (Å²) in [6.07, 6.45) is 0. The zero-order valence-electron chi connectivity index (χ0n) is 16.9. The fraction of sp³-hybridized carbons (Fsp3) is 0.400. The maximum atomic E-state index is 12.9. The van der Waals surface area contributed by atoms with Crippen LogP contribution in [0.5, 0.6) is 0 Å². The van der Waals surface area contributed by atoms with Crippen molar-refractivity contribution in [3.05, 3.63) is 58.1 Å². The van der Waals surface area contributed by atoms with Crippen molar-refractivity contribution in [2.24, 2.45) is 0 Å². The van der Waals surface area contributed by atoms with Gasteiger partial charge in [-0.1, -0.05) is 26.0 Å². The first-order valence-electron chi connectivity index (χ1n) is 9.65. The predicted molar refractivity (Wildman–Crippen MR) is 112 cm³/mol. The molecule has 0 aliphatic carbocycles. The zero-order valence-corrected chi connectivity index (χ0v) is 17.7. The Morgan fingerprint density at radius 3 is 2.28 bits per heavy atom. The van der Waals surface area contributed by atoms with Crippen LogP contribution < -0.4 is 10.2 Å². The van der Waals surface area contributed by atoms with Gasteiger partial charge in [-0.2, -0.15) is 4.31 Å². The lowest BCUT2D eigenvalue weighted by atomic mass is 10.0. The Bertz CT molecular complexity index is 982. The van der Waals surface area contributed by atoms with Crippen LogP contribution in [0.15, 0.2) is 47.4 Å². The van der Waals surface area contributed by atoms with Crippen LogP contribution in [-0.2, 0) is 10.0 Å². The highest BCUT2D eigenvalue weighted by Crippen LogP contribution is 2.31. The molecule has 0 aromatic heterocycles. The van der Waals surface area contributed by atoms with Crippen LogP contribution in [0.1, 0.15) is 25.3 Å². The van der Waals surface area contributed by atoms with E-state index in [-0.39, 0.29) is 16.3 Å². The molecule has 0 spiro atoms. The van der Waals surface area contributed by atoms with Crippen molar-refractivity contribution in [3.8, 4) is 0 Å². The molecular formula is C20H27N4O4S+. The Labute approximate surface area is 171 Å². The van der Waals surface area contributed by atoms with Crippen LogP contribution in [0.25, 0.3) is 0 Å². The van der Waals surface area contributed by atoms with Crippen molar-refractivity contribution in [1.82, 2.24) is 4.31 Å². The Kier molecular flexibility index (Phi) is 6.21. The maximum Gasteiger partial charge on any atom is 0.294 e. The summed E-state index contributed by atoms with van der Waals surface area (Å²) < 4.78 is 27.2. The molecule has 1 aliphatic heterocycles. The molecule has 2 aromatic rings. The SMILES string of the molecule is CC(C)c1ccc(Nc2ccc(S(=O)(=O)N3CC[NH+](C)CC3)cc2[N+](=O)[O-])cc1. The van der Waals surface area contributed by atoms with E-state index >= 15 is 0 Å². The average Bonchev–Trinajstić information content (AvgIpc) is 2.68. The fourth-order valence-electron chi connectivity index (χ4n) is 3.29. The van der Waals surface area contributed by atoms with Gasteiger partial charge >= 0.3 is 0 Å². The summed E-state index contributed by atoms with van der Waals surface area (Å²) in [7, 11) is -1.74. The van der Waals surface area contributed by atoms with Crippen LogP contribution in [-0.4, -0.2) is 50.9 Å². The minimum absolute atomic E-state index is 0.0514. The number of nitro benzene ring substituents is 1. The molecule has 8 nitrogen and oxygen atoms in total. The first-order chi connectivity index (χ1) is 13.7. The van der Waals surface area contributed by atoms with E-state index in [1.807, 2.05) is 31.3 Å². The minimum atomic E-state index is -3.76. The van der Waals surface area contributed by atoms with Gasteiger partial charge in [-0.3, -0.25) is 10.1 Å². The number of sulfonamides is 1. The molecule has 0 saturated carbocycles. The van der Waals surface area contributed by atoms with Gasteiger partial charge in [0, 0.05) is 11.8 Å². The van der Waals surface area contributed by atoms with Crippen molar-refractivity contribution in [3.63, 3.8) is 0 Å². The number of hydrogen-bond acceptors (Lipinski definition) is 5. The van der Waals surface area contributed by atoms with Gasteiger partial charge in [0.1, 0.15) is 5.69 Å². The third kappa shape index (κ3) is 4.75. The standard InChI is InChI=1S/C20H26N4O4S/c1-15(2)16-4-6-17(7-5-16)21-19-9-8-18(14-20(19)24(25)26)29(27,28)23-12-10-22(3)11-13-23/h4-9,14-15,21H,10-13H2,1-3H3/p+1. The van der Waals surface area contributed by atoms with E-state index in [1.165, 1.54) is 26.9 Å². The first kappa shape index (κ1) is 21.2. The number of likely N-dealkylation sites (N-methyl/N-ethyl adjacent to an activating group) is 1. The molecule has 9 heteroatoms. The molecule has 0 atom stereocenters. The number of nitrogens with one attached hydrogen (secondary N) is 2. The highest BCUT2D eigenvalue weighted by Gasteiger charge is 2.31. The summed E-state index contributed by atoms with van der Waals surface area (Å²) >= 11 is 0. The Balaban J connectivity index is 1.88. The second-order valence-electron chi connectivity index (χ2n) is 7.70. The van der Waals surface area contributed by atoms with Crippen molar-refractivity contribution < 1.29 is 18.2 Å². The van der Waals surface area contributed by atoms with Gasteiger partial charge in [0.05, 0.1) is 43.0 Å². The summed E-state index contributed by atoms with van der Waals surface area (Å²) in [5, 5.41) is 14.6. The van der Waals surface area contributed by atoms with Crippen molar-refractivity contribution in [1.29, 1.82) is 0 Å². The molecule has 1 heterocycles. The first-order valence-corrected chi connectivity index (χ1v) is 11.1. The van der Waals surface area contributed by atoms with Gasteiger partial charge in [-0.25, -0.2) is 8.42 Å². The highest BCUT2D eigenvalue weighted by molar-refractivity contribution is 7.89. The Morgan fingerprint density at radius 2 is 1.72 bits per heavy atom. The Morgan fingerprint density at radius 1 is 1.10 bits per heavy atom. The van der Waals surface area contributed by atoms with Crippen molar-refractivity contribution in [2.75, 3.05) is 38.5 Å². The predicted octanol–water partition coefficient (Wildman–Crippen LogP) is 1.98. The summed E-state index contributed by atoms with van der Waals surface area (Å²) in [6.45, 7) is 6.43. The lowest BCUT2D eigenvalue weighted by molar-refractivity contribution is -0.883. The van der Waals surface area contributed by atoms with Gasteiger partial charge in [0.15, 0.2) is 0 Å². The smallest absolute Gasteiger partial charge is 0.294 e. The van der Waals surface area contributed by atoms with E-state index in [1.54, 1.807) is 0 Å². The lowest BCUT2D eigenvalue weighted by Gasteiger charge is -2.29. The largest absolute Gasteiger partial charge is 0.350 e. The van der Waals surface area contributed by atoms with Crippen molar-refractivity contribution >= 4 is 27.1 Å². The molecule has 0 amide bonds. The molecule has 2 N–H and O–H groups in total. The van der Waals surface area contributed by atoms with E-state index in [0.29, 0.717) is 37.8 Å². The normalized spacial score (nSPS) is 16.1. The van der Waals surface area contributed by atoms with Crippen LogP contribution in [0.3, 0.4) is 0 Å². The second kappa shape index (κ2) is 8.48. The van der Waals surface area contributed by atoms with E-state index in [2.05, 4.69) is 19.2 Å². The molecule has 1 saturated heterocycles. The monoisotopic (exact) mass is 419 g/mol. The number of hydrogen-bond donors (Lipinski definition) is 2. The maximum absolute atomic E-state index is 12.9. The summed E-state index contributed by atoms with van der Waals surface area (Å²) in [6, 6.07) is 11.7. The molecule has 0 radical (unpaired) electrons. The number of anilines is 2. The van der Waals surface area contributed by atoms with Gasteiger partial charge < -0.3 is 10.2 Å². The lowest BCUT2D eigenvalue weighted by Crippen LogP contribution is -3.12. The number of quaternary nitrogens is 1. The number of nitrogens with zero attached hydrogens (tertiary/aromatic N) is 2. The molecule has 0 unspecified atom stereocenters. The van der Waals surface area contributed by atoms with Crippen LogP contribution in [0.4, 0.5) is 17.1 Å². The topological polar surface area (TPSA) is 97.0 Å². The molecule has 1 aliphatic rings. The van der Waals surface area contributed by atoms with Crippen LogP contribution in [0.2, 0.25) is 0 Å². The summed E-state index contributed by atoms with van der Waals surface area (Å²) in [5.41, 5.74) is 1.86. The molecular weight excluding hydrogens is 392 g/mol. The Hall–Kier alpha value is -2.49. The number of nitro groups is 1. The minimum Gasteiger partial charge on any atom is -0.350 e. The van der Waals surface area contributed by atoms with Crippen molar-refractivity contribution in [2.45, 2.75) is 24.7 Å². The second-order valence-corrected chi connectivity index (χ2v) is 9.64. The quantitative estimate of drug-likeness (QED) is 0.551. The van der Waals surface area contributed by atoms with E-state index in [9.17, 15) is 18.5 Å². The fourth-order valence-corrected chi connectivity index (χ4v) is 4.75. The molecule has 156 valence electrons. The highest BCUT2D eigenvalue weighted by atomic mass is 32.2. The van der Waals surface area contributed by atoms with Gasteiger partial charge in [-0.15, -0.1) is 0 Å². The third-order valence-corrected chi connectivity index (χ3v) is 7.13. The number of benzene rings is 2. The third-order valence-electron chi connectivity index (χ3n) is 5.24. The van der Waals surface area contributed by atoms with E-state index in [4.69, 9.17) is 0 Å². The summed E-state index contributed by atoms with van der Waals surface area (Å²) in [4.78, 5) is 12.3. The van der Waals surface area contributed by atoms with E-state index < -0.39 is 14.9 Å². The number of piperazine rings is 1. The van der Waals surface area contributed by atoms with Gasteiger partial charge in [0.25, 0.3) is 5.69 Å². The molecule has 2 aromatic carbocycles. The zero-order chi connectivity index (χ0) is 21.2. The molecule has 29 heavy (non-hydrogen) atoms. The molecule has 0 bridgehead atoms. The molecule has 3 rings (SSSR count). The summed E-state index contributed by atoms with van der Waals surface area (Å²) in [5.74, 6) is 0.388. The van der Waals surface area contributed by atoms with E-state index in [0.717, 1.165) is 6.07 Å². The average molecular weight is 420 g/mol. The van der Waals surface area contributed by atoms with Gasteiger partial charge in [0.2, 0.25) is 10.0 Å².